The second-order valence-electron chi connectivity index (χ2n) is 6.08. The van der Waals surface area contributed by atoms with Crippen LogP contribution < -0.4 is 16.0 Å². The van der Waals surface area contributed by atoms with E-state index in [0.717, 1.165) is 18.5 Å². The molecule has 23 heavy (non-hydrogen) atoms. The molecule has 0 bridgehead atoms. The van der Waals surface area contributed by atoms with E-state index in [1.807, 2.05) is 30.3 Å². The number of amides is 1. The highest BCUT2D eigenvalue weighted by Crippen LogP contribution is 2.29. The van der Waals surface area contributed by atoms with Crippen molar-refractivity contribution in [3.05, 3.63) is 65.7 Å². The van der Waals surface area contributed by atoms with Crippen molar-refractivity contribution >= 4 is 11.6 Å². The van der Waals surface area contributed by atoms with Crippen LogP contribution in [0.5, 0.6) is 0 Å². The Labute approximate surface area is 137 Å². The van der Waals surface area contributed by atoms with Gasteiger partial charge in [0.15, 0.2) is 0 Å². The molecule has 1 heterocycles. The van der Waals surface area contributed by atoms with Gasteiger partial charge >= 0.3 is 0 Å². The van der Waals surface area contributed by atoms with Crippen molar-refractivity contribution in [1.29, 1.82) is 0 Å². The number of carbonyl (C=O) groups is 1. The Bertz CT molecular complexity index is 671. The minimum Gasteiger partial charge on any atom is -0.368 e. The highest BCUT2D eigenvalue weighted by molar-refractivity contribution is 5.81. The highest BCUT2D eigenvalue weighted by Gasteiger charge is 2.24. The van der Waals surface area contributed by atoms with Crippen molar-refractivity contribution in [3.63, 3.8) is 0 Å². The summed E-state index contributed by atoms with van der Waals surface area (Å²) in [6.45, 7) is 3.91. The van der Waals surface area contributed by atoms with Crippen LogP contribution in [0.4, 0.5) is 5.69 Å². The molecule has 1 aliphatic rings. The molecular formula is C19H23N3O. The van der Waals surface area contributed by atoms with Crippen molar-refractivity contribution in [2.75, 3.05) is 18.0 Å². The molecule has 2 aromatic carbocycles. The minimum atomic E-state index is -0.448. The number of benzene rings is 2. The lowest BCUT2D eigenvalue weighted by atomic mass is 10.1. The normalized spacial score (nSPS) is 16.0. The third kappa shape index (κ3) is 3.37. The Morgan fingerprint density at radius 3 is 2.61 bits per heavy atom. The van der Waals surface area contributed by atoms with E-state index in [1.54, 1.807) is 0 Å². The second-order valence-corrected chi connectivity index (χ2v) is 6.08. The summed E-state index contributed by atoms with van der Waals surface area (Å²) < 4.78 is 0. The molecule has 0 aliphatic carbocycles. The minimum absolute atomic E-state index is 0.296. The van der Waals surface area contributed by atoms with Gasteiger partial charge in [-0.1, -0.05) is 48.5 Å². The van der Waals surface area contributed by atoms with Gasteiger partial charge in [0, 0.05) is 24.8 Å². The molecule has 0 aromatic heterocycles. The monoisotopic (exact) mass is 309 g/mol. The summed E-state index contributed by atoms with van der Waals surface area (Å²) in [7, 11) is 0. The summed E-state index contributed by atoms with van der Waals surface area (Å²) >= 11 is 0. The number of fused-ring (bicyclic) bond motifs is 1. The van der Waals surface area contributed by atoms with Crippen LogP contribution in [0.1, 0.15) is 24.1 Å². The first-order valence-electron chi connectivity index (χ1n) is 8.09. The predicted molar refractivity (Wildman–Crippen MR) is 93.3 cm³/mol. The van der Waals surface area contributed by atoms with E-state index in [9.17, 15) is 4.79 Å². The molecule has 0 radical (unpaired) electrons. The van der Waals surface area contributed by atoms with Crippen molar-refractivity contribution in [2.45, 2.75) is 25.4 Å². The summed E-state index contributed by atoms with van der Waals surface area (Å²) in [6, 6.07) is 18.0. The van der Waals surface area contributed by atoms with E-state index in [0.29, 0.717) is 12.6 Å². The smallest absolute Gasteiger partial charge is 0.239 e. The van der Waals surface area contributed by atoms with Gasteiger partial charge in [-0.15, -0.1) is 0 Å². The number of anilines is 1. The second kappa shape index (κ2) is 6.84. The third-order valence-electron chi connectivity index (χ3n) is 4.49. The number of rotatable bonds is 6. The fraction of sp³-hybridized carbons (Fsp3) is 0.316. The molecule has 4 heteroatoms. The van der Waals surface area contributed by atoms with Gasteiger partial charge in [0.2, 0.25) is 5.91 Å². The molecule has 2 atom stereocenters. The van der Waals surface area contributed by atoms with Gasteiger partial charge in [-0.25, -0.2) is 0 Å². The molecule has 0 saturated carbocycles. The Balaban J connectivity index is 1.66. The van der Waals surface area contributed by atoms with Gasteiger partial charge < -0.3 is 16.0 Å². The zero-order valence-electron chi connectivity index (χ0n) is 13.4. The maximum atomic E-state index is 11.8. The Morgan fingerprint density at radius 1 is 1.17 bits per heavy atom. The summed E-state index contributed by atoms with van der Waals surface area (Å²) in [5.74, 6) is -0.342. The van der Waals surface area contributed by atoms with E-state index >= 15 is 0 Å². The maximum Gasteiger partial charge on any atom is 0.239 e. The topological polar surface area (TPSA) is 58.4 Å². The molecule has 1 aliphatic heterocycles. The zero-order valence-corrected chi connectivity index (χ0v) is 13.4. The number of nitrogens with one attached hydrogen (secondary N) is 1. The van der Waals surface area contributed by atoms with E-state index < -0.39 is 6.04 Å². The SMILES string of the molecule is C[C@H](CN[C@@H](C(N)=O)c1ccccc1)N1CCc2ccccc21. The van der Waals surface area contributed by atoms with Gasteiger partial charge in [-0.05, 0) is 30.5 Å². The van der Waals surface area contributed by atoms with Crippen LogP contribution in [0, 0.1) is 0 Å². The van der Waals surface area contributed by atoms with Gasteiger partial charge in [-0.3, -0.25) is 4.79 Å². The molecule has 1 amide bonds. The molecule has 0 saturated heterocycles. The summed E-state index contributed by atoms with van der Waals surface area (Å²) in [6.07, 6.45) is 1.08. The summed E-state index contributed by atoms with van der Waals surface area (Å²) in [5, 5.41) is 3.33. The summed E-state index contributed by atoms with van der Waals surface area (Å²) in [4.78, 5) is 14.2. The van der Waals surface area contributed by atoms with E-state index in [1.165, 1.54) is 11.3 Å². The van der Waals surface area contributed by atoms with Crippen LogP contribution in [0.2, 0.25) is 0 Å². The number of hydrogen-bond acceptors (Lipinski definition) is 3. The average Bonchev–Trinajstić information content (AvgIpc) is 2.99. The molecular weight excluding hydrogens is 286 g/mol. The fourth-order valence-corrected chi connectivity index (χ4v) is 3.25. The van der Waals surface area contributed by atoms with Crippen LogP contribution in [0.15, 0.2) is 54.6 Å². The molecule has 0 fully saturated rings. The quantitative estimate of drug-likeness (QED) is 0.860. The van der Waals surface area contributed by atoms with E-state index in [2.05, 4.69) is 41.4 Å². The molecule has 3 N–H and O–H groups in total. The van der Waals surface area contributed by atoms with Crippen LogP contribution >= 0.6 is 0 Å². The molecule has 3 rings (SSSR count). The summed E-state index contributed by atoms with van der Waals surface area (Å²) in [5.41, 5.74) is 9.18. The van der Waals surface area contributed by atoms with Gasteiger partial charge in [-0.2, -0.15) is 0 Å². The van der Waals surface area contributed by atoms with Crippen molar-refractivity contribution in [1.82, 2.24) is 5.32 Å². The molecule has 2 aromatic rings. The number of nitrogens with two attached hydrogens (primary N) is 1. The third-order valence-corrected chi connectivity index (χ3v) is 4.49. The first-order valence-corrected chi connectivity index (χ1v) is 8.09. The van der Waals surface area contributed by atoms with E-state index in [4.69, 9.17) is 5.73 Å². The number of para-hydroxylation sites is 1. The predicted octanol–water partition coefficient (Wildman–Crippen LogP) is 2.25. The van der Waals surface area contributed by atoms with Crippen molar-refractivity contribution in [2.24, 2.45) is 5.73 Å². The molecule has 0 spiro atoms. The average molecular weight is 309 g/mol. The number of hydrogen-bond donors (Lipinski definition) is 2. The number of nitrogens with zero attached hydrogens (tertiary/aromatic N) is 1. The largest absolute Gasteiger partial charge is 0.368 e. The lowest BCUT2D eigenvalue weighted by Gasteiger charge is -2.29. The number of carbonyl (C=O) groups excluding carboxylic acids is 1. The van der Waals surface area contributed by atoms with Gasteiger partial charge in [0.05, 0.1) is 0 Å². The molecule has 0 unspecified atom stereocenters. The van der Waals surface area contributed by atoms with Crippen molar-refractivity contribution < 1.29 is 4.79 Å². The highest BCUT2D eigenvalue weighted by atomic mass is 16.1. The van der Waals surface area contributed by atoms with Crippen molar-refractivity contribution in [3.8, 4) is 0 Å². The van der Waals surface area contributed by atoms with Gasteiger partial charge in [0.1, 0.15) is 6.04 Å². The first-order chi connectivity index (χ1) is 11.2. The maximum absolute atomic E-state index is 11.8. The van der Waals surface area contributed by atoms with Crippen LogP contribution in [0.25, 0.3) is 0 Å². The Hall–Kier alpha value is -2.33. The fourth-order valence-electron chi connectivity index (χ4n) is 3.25. The van der Waals surface area contributed by atoms with Crippen LogP contribution in [0.3, 0.4) is 0 Å². The Kier molecular flexibility index (Phi) is 4.63. The zero-order chi connectivity index (χ0) is 16.2. The van der Waals surface area contributed by atoms with E-state index in [-0.39, 0.29) is 5.91 Å². The number of primary amides is 1. The molecule has 4 nitrogen and oxygen atoms in total. The van der Waals surface area contributed by atoms with Crippen LogP contribution in [-0.2, 0) is 11.2 Å². The lowest BCUT2D eigenvalue weighted by molar-refractivity contribution is -0.120. The Morgan fingerprint density at radius 2 is 1.87 bits per heavy atom. The lowest BCUT2D eigenvalue weighted by Crippen LogP contribution is -2.43. The standard InChI is InChI=1S/C19H23N3O/c1-14(22-12-11-15-7-5-6-10-17(15)22)13-21-18(19(20)23)16-8-3-2-4-9-16/h2-10,14,18,21H,11-13H2,1H3,(H2,20,23)/t14-,18-/m1/s1. The first kappa shape index (κ1) is 15.6. The van der Waals surface area contributed by atoms with Crippen LogP contribution in [-0.4, -0.2) is 25.0 Å². The molecule has 120 valence electrons. The van der Waals surface area contributed by atoms with Gasteiger partial charge in [0.25, 0.3) is 0 Å².